The van der Waals surface area contributed by atoms with Gasteiger partial charge in [0.05, 0.1) is 27.9 Å². The van der Waals surface area contributed by atoms with Crippen LogP contribution in [0.1, 0.15) is 0 Å². The van der Waals surface area contributed by atoms with Crippen LogP contribution in [0.4, 0.5) is 43.8 Å². The molecule has 0 atom stereocenters. The van der Waals surface area contributed by atoms with Gasteiger partial charge < -0.3 is 27.0 Å². The smallest absolute Gasteiger partial charge is 0.475 e. The first-order valence-electron chi connectivity index (χ1n) is 24.9. The molecule has 0 unspecified atom stereocenters. The molecule has 18 nitrogen and oxygen atoms in total. The third-order valence-corrected chi connectivity index (χ3v) is 16.9. The van der Waals surface area contributed by atoms with Gasteiger partial charge in [0.15, 0.2) is 0 Å². The summed E-state index contributed by atoms with van der Waals surface area (Å²) in [7, 11) is -9.94. The molecule has 1 saturated heterocycles. The fraction of sp³-hybridized carbons (Fsp3) is 0.103. The molecule has 10 N–H and O–H groups in total. The third kappa shape index (κ3) is 16.0. The summed E-state index contributed by atoms with van der Waals surface area (Å²) in [5.74, 6) is -3.14. The molecule has 0 aliphatic carbocycles. The van der Waals surface area contributed by atoms with Crippen LogP contribution < -0.4 is 27.1 Å². The van der Waals surface area contributed by atoms with Gasteiger partial charge in [0.2, 0.25) is 30.1 Å². The lowest BCUT2D eigenvalue weighted by Gasteiger charge is -2.27. The summed E-state index contributed by atoms with van der Waals surface area (Å²) < 4.78 is 159. The van der Waals surface area contributed by atoms with Crippen molar-refractivity contribution in [3.63, 3.8) is 0 Å². The molecule has 1 aliphatic heterocycles. The number of primary sulfonamides is 1. The van der Waals surface area contributed by atoms with E-state index in [1.165, 1.54) is 60.3 Å². The number of anilines is 3. The van der Waals surface area contributed by atoms with E-state index in [0.717, 1.165) is 0 Å². The summed E-state index contributed by atoms with van der Waals surface area (Å²) in [5.41, 5.74) is 22.1. The zero-order chi connectivity index (χ0) is 61.9. The number of halogens is 6. The van der Waals surface area contributed by atoms with Gasteiger partial charge in [0.1, 0.15) is 34.9 Å². The number of nitrogens with one attached hydrogen (secondary N) is 1. The monoisotopic (exact) mass is 1230 g/mol. The number of aliphatic carboxylic acids is 1. The average Bonchev–Trinajstić information content (AvgIpc) is 1.51. The third-order valence-electron chi connectivity index (χ3n) is 12.5. The Bertz CT molecular complexity index is 4200. The Morgan fingerprint density at radius 2 is 0.824 bits per heavy atom. The summed E-state index contributed by atoms with van der Waals surface area (Å²) in [6.07, 6.45) is -0.608. The highest BCUT2D eigenvalue weighted by atomic mass is 32.2. The molecule has 0 saturated carbocycles. The maximum Gasteiger partial charge on any atom is 0.490 e. The van der Waals surface area contributed by atoms with E-state index < -0.39 is 59.7 Å². The van der Waals surface area contributed by atoms with Gasteiger partial charge in [0.25, 0.3) is 0 Å². The molecule has 6 aromatic carbocycles. The topological polar surface area (TPSA) is 307 Å². The van der Waals surface area contributed by atoms with Crippen molar-refractivity contribution in [2.75, 3.05) is 50.6 Å². The molecule has 3 aromatic heterocycles. The van der Waals surface area contributed by atoms with Gasteiger partial charge in [0, 0.05) is 81.8 Å². The predicted molar refractivity (Wildman–Crippen MR) is 309 cm³/mol. The number of nitrogen functional groups attached to an aromatic ring is 3. The van der Waals surface area contributed by atoms with Gasteiger partial charge in [-0.3, -0.25) is 0 Å². The molecule has 0 radical (unpaired) electrons. The number of sulfonamides is 3. The molecule has 0 spiro atoms. The van der Waals surface area contributed by atoms with Crippen molar-refractivity contribution in [1.29, 1.82) is 0 Å². The number of ether oxygens (including phenoxy) is 1. The van der Waals surface area contributed by atoms with Crippen molar-refractivity contribution < 1.29 is 66.2 Å². The molecular weight excluding hydrogens is 1180 g/mol. The van der Waals surface area contributed by atoms with Crippen LogP contribution in [0.5, 0.6) is 0 Å². The van der Waals surface area contributed by atoms with Crippen LogP contribution in [0, 0.1) is 17.5 Å². The number of pyridine rings is 3. The van der Waals surface area contributed by atoms with Crippen LogP contribution in [0.15, 0.2) is 197 Å². The Hall–Kier alpha value is -9.09. The lowest BCUT2D eigenvalue weighted by molar-refractivity contribution is -0.192. The number of rotatable bonds is 11. The van der Waals surface area contributed by atoms with E-state index in [1.807, 2.05) is 0 Å². The number of benzene rings is 6. The number of alkyl halides is 3. The standard InChI is InChI=1S/C21H20FN3O3S.C18H16FN3O2S.C17H14FN3O2S.C2HF3O2/c22-19-13-15(5-7-17(19)16-6-8-21(23)24-14-16)18-3-1-2-4-20(18)29(26,27)25-9-11-28-12-10-25;1-21-25(23,24)17-5-3-2-4-15(17)12-6-8-14(16(19)10-12)13-7-9-18(20)22-11-13;18-15-9-11(14-3-1-2-4-16(14)24(20,22)23)5-7-13(15)12-6-8-17(19)21-10-12;3-2(4,5)1(6)7/h1-8,13-14H,9-12H2,(H2,23,24);2-11,21H,1H3,(H2,20,22);1-10H,(H2,19,21)(H2,20,22,23);(H,6,7). The Morgan fingerprint density at radius 1 is 0.506 bits per heavy atom. The Morgan fingerprint density at radius 3 is 1.14 bits per heavy atom. The zero-order valence-electron chi connectivity index (χ0n) is 44.5. The molecule has 442 valence electrons. The van der Waals surface area contributed by atoms with E-state index in [9.17, 15) is 51.6 Å². The van der Waals surface area contributed by atoms with Gasteiger partial charge in [-0.1, -0.05) is 91.0 Å². The minimum atomic E-state index is -5.08. The van der Waals surface area contributed by atoms with Crippen LogP contribution in [0.2, 0.25) is 0 Å². The van der Waals surface area contributed by atoms with Crippen molar-refractivity contribution in [2.24, 2.45) is 5.14 Å². The quantitative estimate of drug-likeness (QED) is 0.0657. The Kier molecular flexibility index (Phi) is 20.2. The van der Waals surface area contributed by atoms with E-state index in [-0.39, 0.29) is 14.7 Å². The van der Waals surface area contributed by atoms with E-state index in [1.54, 1.807) is 133 Å². The summed E-state index contributed by atoms with van der Waals surface area (Å²) in [6, 6.07) is 42.9. The highest BCUT2D eigenvalue weighted by Crippen LogP contribution is 2.36. The Labute approximate surface area is 484 Å². The molecule has 1 fully saturated rings. The number of hydrogen-bond donors (Lipinski definition) is 6. The first-order valence-corrected chi connectivity index (χ1v) is 29.3. The van der Waals surface area contributed by atoms with Crippen molar-refractivity contribution in [3.8, 4) is 66.8 Å². The lowest BCUT2D eigenvalue weighted by atomic mass is 10.0. The number of carboxylic acid groups (broad SMARTS) is 1. The van der Waals surface area contributed by atoms with Gasteiger partial charge in [-0.2, -0.15) is 17.5 Å². The fourth-order valence-electron chi connectivity index (χ4n) is 8.30. The second-order valence-corrected chi connectivity index (χ2v) is 23.4. The normalized spacial score (nSPS) is 12.8. The van der Waals surface area contributed by atoms with Crippen molar-refractivity contribution in [3.05, 3.63) is 200 Å². The minimum absolute atomic E-state index is 0.0497. The van der Waals surface area contributed by atoms with Crippen LogP contribution in [0.25, 0.3) is 66.8 Å². The number of carbonyl (C=O) groups is 1. The number of nitrogens with two attached hydrogens (primary N) is 4. The van der Waals surface area contributed by atoms with Crippen molar-refractivity contribution in [1.82, 2.24) is 24.0 Å². The molecule has 0 amide bonds. The first-order chi connectivity index (χ1) is 40.2. The van der Waals surface area contributed by atoms with Crippen molar-refractivity contribution in [2.45, 2.75) is 20.9 Å². The Balaban J connectivity index is 0.000000173. The summed E-state index contributed by atoms with van der Waals surface area (Å²) >= 11 is 0. The fourth-order valence-corrected chi connectivity index (χ4v) is 11.6. The van der Waals surface area contributed by atoms with Gasteiger partial charge >= 0.3 is 12.1 Å². The average molecular weight is 1230 g/mol. The van der Waals surface area contributed by atoms with Crippen molar-refractivity contribution >= 4 is 53.5 Å². The van der Waals surface area contributed by atoms with Crippen LogP contribution in [-0.4, -0.2) is 95.1 Å². The molecule has 4 heterocycles. The van der Waals surface area contributed by atoms with E-state index in [0.29, 0.717) is 111 Å². The first kappa shape index (κ1) is 63.5. The predicted octanol–water partition coefficient (Wildman–Crippen LogP) is 9.62. The molecule has 10 rings (SSSR count). The van der Waals surface area contributed by atoms with Crippen LogP contribution >= 0.6 is 0 Å². The van der Waals surface area contributed by atoms with Gasteiger partial charge in [-0.05, 0) is 96.5 Å². The largest absolute Gasteiger partial charge is 0.490 e. The van der Waals surface area contributed by atoms with E-state index in [4.69, 9.17) is 37.0 Å². The molecule has 1 aliphatic rings. The van der Waals surface area contributed by atoms with Gasteiger partial charge in [-0.15, -0.1) is 0 Å². The molecule has 27 heteroatoms. The van der Waals surface area contributed by atoms with E-state index in [2.05, 4.69) is 19.7 Å². The number of carboxylic acids is 1. The summed E-state index contributed by atoms with van der Waals surface area (Å²) in [6.45, 7) is 1.32. The molecular formula is C58H51F6N9O9S3. The summed E-state index contributed by atoms with van der Waals surface area (Å²) in [5, 5.41) is 12.4. The highest BCUT2D eigenvalue weighted by molar-refractivity contribution is 7.90. The van der Waals surface area contributed by atoms with Crippen LogP contribution in [-0.2, 0) is 39.6 Å². The van der Waals surface area contributed by atoms with Crippen LogP contribution in [0.3, 0.4) is 0 Å². The lowest BCUT2D eigenvalue weighted by Crippen LogP contribution is -2.40. The number of morpholine rings is 1. The minimum Gasteiger partial charge on any atom is -0.475 e. The molecule has 85 heavy (non-hydrogen) atoms. The maximum absolute atomic E-state index is 14.9. The molecule has 9 aromatic rings. The number of aromatic nitrogens is 3. The number of hydrogen-bond acceptors (Lipinski definition) is 14. The second kappa shape index (κ2) is 27.1. The maximum atomic E-state index is 14.9. The van der Waals surface area contributed by atoms with E-state index >= 15 is 0 Å². The summed E-state index contributed by atoms with van der Waals surface area (Å²) in [4.78, 5) is 21.0. The molecule has 0 bridgehead atoms. The zero-order valence-corrected chi connectivity index (χ0v) is 46.9. The highest BCUT2D eigenvalue weighted by Gasteiger charge is 2.38. The number of nitrogens with zero attached hydrogens (tertiary/aromatic N) is 4. The SMILES string of the molecule is CNS(=O)(=O)c1ccccc1-c1ccc(-c2ccc(N)nc2)c(F)c1.Nc1ccc(-c2ccc(-c3ccccc3S(=O)(=O)N3CCOCC3)cc2F)cn1.Nc1ccc(-c2ccc(-c3ccccc3S(N)(=O)=O)cc2F)cn1.O=C(O)C(F)(F)F. The second-order valence-electron chi connectivity index (χ2n) is 18.1. The van der Waals surface area contributed by atoms with Gasteiger partial charge in [-0.25, -0.2) is 68.0 Å².